The number of halogens is 3. The second kappa shape index (κ2) is 8.74. The quantitative estimate of drug-likeness (QED) is 0.457. The van der Waals surface area contributed by atoms with Crippen molar-refractivity contribution in [2.45, 2.75) is 26.4 Å². The zero-order valence-electron chi connectivity index (χ0n) is 17.3. The lowest BCUT2D eigenvalue weighted by Gasteiger charge is -2.12. The van der Waals surface area contributed by atoms with Crippen molar-refractivity contribution in [1.82, 2.24) is 24.9 Å². The molecule has 1 aromatic carbocycles. The number of hydrogen-bond donors (Lipinski definition) is 1. The summed E-state index contributed by atoms with van der Waals surface area (Å²) in [6.45, 7) is 4.33. The van der Waals surface area contributed by atoms with Crippen molar-refractivity contribution in [3.63, 3.8) is 0 Å². The van der Waals surface area contributed by atoms with Gasteiger partial charge in [-0.05, 0) is 50.1 Å². The molecule has 7 nitrogen and oxygen atoms in total. The molecule has 32 heavy (non-hydrogen) atoms. The molecule has 0 saturated carbocycles. The number of nitrogens with one attached hydrogen (secondary N) is 1. The smallest absolute Gasteiger partial charge is 0.421 e. The lowest BCUT2D eigenvalue weighted by molar-refractivity contribution is -0.138. The van der Waals surface area contributed by atoms with Crippen molar-refractivity contribution in [1.29, 1.82) is 0 Å². The van der Waals surface area contributed by atoms with Crippen LogP contribution in [-0.2, 0) is 12.6 Å². The summed E-state index contributed by atoms with van der Waals surface area (Å²) in [6, 6.07) is 8.97. The number of aryl methyl sites for hydroxylation is 2. The highest BCUT2D eigenvalue weighted by Gasteiger charge is 2.35. The van der Waals surface area contributed by atoms with Crippen LogP contribution >= 0.6 is 0 Å². The summed E-state index contributed by atoms with van der Waals surface area (Å²) >= 11 is 0. The highest BCUT2D eigenvalue weighted by atomic mass is 19.4. The average molecular weight is 440 g/mol. The van der Waals surface area contributed by atoms with Crippen LogP contribution in [0.1, 0.15) is 22.5 Å². The molecule has 164 valence electrons. The molecule has 0 unspecified atom stereocenters. The second-order valence-corrected chi connectivity index (χ2v) is 7.07. The van der Waals surface area contributed by atoms with E-state index < -0.39 is 17.6 Å². The normalized spacial score (nSPS) is 11.5. The number of benzene rings is 1. The Bertz CT molecular complexity index is 1240. The van der Waals surface area contributed by atoms with Gasteiger partial charge in [-0.15, -0.1) is 0 Å². The molecule has 1 N–H and O–H groups in total. The number of pyridine rings is 1. The van der Waals surface area contributed by atoms with Crippen LogP contribution in [0.2, 0.25) is 0 Å². The molecule has 0 bridgehead atoms. The molecule has 10 heteroatoms. The summed E-state index contributed by atoms with van der Waals surface area (Å²) in [6.07, 6.45) is -1.19. The fraction of sp³-hybridized carbons (Fsp3) is 0.227. The standard InChI is InChI=1S/C22H19F3N6O/c1-13-14(2)31-20-18(30-13)19(28-12-29-20)26-11-9-15-5-7-16(8-6-15)32-21-17(22(23,24)25)4-3-10-27-21/h3-8,10,12H,9,11H2,1-2H3,(H,26,28,29,31). The van der Waals surface area contributed by atoms with Gasteiger partial charge in [-0.25, -0.2) is 24.9 Å². The van der Waals surface area contributed by atoms with E-state index in [4.69, 9.17) is 4.74 Å². The predicted molar refractivity (Wildman–Crippen MR) is 113 cm³/mol. The van der Waals surface area contributed by atoms with Crippen molar-refractivity contribution >= 4 is 17.0 Å². The molecule has 0 saturated heterocycles. The fourth-order valence-electron chi connectivity index (χ4n) is 3.02. The maximum Gasteiger partial charge on any atom is 0.421 e. The first-order valence-electron chi connectivity index (χ1n) is 9.80. The van der Waals surface area contributed by atoms with Crippen molar-refractivity contribution in [2.24, 2.45) is 0 Å². The number of alkyl halides is 3. The van der Waals surface area contributed by atoms with Gasteiger partial charge in [0.25, 0.3) is 0 Å². The third kappa shape index (κ3) is 4.74. The molecule has 4 rings (SSSR count). The van der Waals surface area contributed by atoms with Crippen LogP contribution in [0.15, 0.2) is 48.9 Å². The molecule has 0 spiro atoms. The molecule has 0 radical (unpaired) electrons. The van der Waals surface area contributed by atoms with Crippen LogP contribution in [0.25, 0.3) is 11.2 Å². The predicted octanol–water partition coefficient (Wildman–Crippen LogP) is 4.90. The molecular weight excluding hydrogens is 421 g/mol. The van der Waals surface area contributed by atoms with Crippen LogP contribution in [0, 0.1) is 13.8 Å². The van der Waals surface area contributed by atoms with Crippen molar-refractivity contribution < 1.29 is 17.9 Å². The fourth-order valence-corrected chi connectivity index (χ4v) is 3.02. The van der Waals surface area contributed by atoms with Crippen LogP contribution in [0.3, 0.4) is 0 Å². The Kier molecular flexibility index (Phi) is 5.85. The molecule has 3 aromatic heterocycles. The van der Waals surface area contributed by atoms with E-state index in [0.29, 0.717) is 29.9 Å². The molecule has 4 aromatic rings. The minimum absolute atomic E-state index is 0.272. The van der Waals surface area contributed by atoms with E-state index in [2.05, 4.69) is 30.2 Å². The number of ether oxygens (including phenoxy) is 1. The summed E-state index contributed by atoms with van der Waals surface area (Å²) < 4.78 is 44.6. The summed E-state index contributed by atoms with van der Waals surface area (Å²) in [4.78, 5) is 21.1. The molecule has 0 aliphatic heterocycles. The van der Waals surface area contributed by atoms with Crippen LogP contribution < -0.4 is 10.1 Å². The van der Waals surface area contributed by atoms with E-state index in [0.717, 1.165) is 23.0 Å². The zero-order chi connectivity index (χ0) is 22.7. The summed E-state index contributed by atoms with van der Waals surface area (Å²) in [5.74, 6) is 0.394. The van der Waals surface area contributed by atoms with Gasteiger partial charge in [-0.1, -0.05) is 12.1 Å². The largest absolute Gasteiger partial charge is 0.438 e. The minimum Gasteiger partial charge on any atom is -0.438 e. The molecule has 0 aliphatic carbocycles. The van der Waals surface area contributed by atoms with Crippen molar-refractivity contribution in [3.05, 3.63) is 71.4 Å². The maximum atomic E-state index is 13.1. The third-order valence-corrected chi connectivity index (χ3v) is 4.80. The molecule has 0 amide bonds. The molecular formula is C22H19F3N6O. The average Bonchev–Trinajstić information content (AvgIpc) is 2.76. The number of rotatable bonds is 6. The first kappa shape index (κ1) is 21.4. The Balaban J connectivity index is 1.41. The lowest BCUT2D eigenvalue weighted by Crippen LogP contribution is -2.09. The van der Waals surface area contributed by atoms with Crippen LogP contribution in [0.5, 0.6) is 11.6 Å². The van der Waals surface area contributed by atoms with Gasteiger partial charge in [0.2, 0.25) is 5.88 Å². The first-order chi connectivity index (χ1) is 15.3. The molecule has 0 fully saturated rings. The highest BCUT2D eigenvalue weighted by Crippen LogP contribution is 2.36. The minimum atomic E-state index is -4.54. The summed E-state index contributed by atoms with van der Waals surface area (Å²) in [5, 5.41) is 3.24. The van der Waals surface area contributed by atoms with Gasteiger partial charge in [0.1, 0.15) is 17.6 Å². The van der Waals surface area contributed by atoms with E-state index >= 15 is 0 Å². The number of nitrogens with zero attached hydrogens (tertiary/aromatic N) is 5. The second-order valence-electron chi connectivity index (χ2n) is 7.07. The Hall–Kier alpha value is -3.82. The van der Waals surface area contributed by atoms with E-state index in [1.54, 1.807) is 24.3 Å². The van der Waals surface area contributed by atoms with Gasteiger partial charge in [-0.3, -0.25) is 0 Å². The number of anilines is 1. The van der Waals surface area contributed by atoms with E-state index in [9.17, 15) is 13.2 Å². The van der Waals surface area contributed by atoms with Gasteiger partial charge in [0, 0.05) is 12.7 Å². The van der Waals surface area contributed by atoms with Crippen LogP contribution in [0.4, 0.5) is 19.0 Å². The SMILES string of the molecule is Cc1nc2ncnc(NCCc3ccc(Oc4ncccc4C(F)(F)F)cc3)c2nc1C. The van der Waals surface area contributed by atoms with Crippen molar-refractivity contribution in [3.8, 4) is 11.6 Å². The topological polar surface area (TPSA) is 85.7 Å². The number of fused-ring (bicyclic) bond motifs is 1. The zero-order valence-corrected chi connectivity index (χ0v) is 17.3. The van der Waals surface area contributed by atoms with Gasteiger partial charge in [0.05, 0.1) is 11.4 Å². The maximum absolute atomic E-state index is 13.1. The number of aromatic nitrogens is 5. The monoisotopic (exact) mass is 440 g/mol. The number of hydrogen-bond acceptors (Lipinski definition) is 7. The molecule has 0 atom stereocenters. The Morgan fingerprint density at radius 2 is 1.69 bits per heavy atom. The van der Waals surface area contributed by atoms with Gasteiger partial charge in [-0.2, -0.15) is 13.2 Å². The van der Waals surface area contributed by atoms with E-state index in [1.165, 1.54) is 18.6 Å². The van der Waals surface area contributed by atoms with Gasteiger partial charge >= 0.3 is 6.18 Å². The third-order valence-electron chi connectivity index (χ3n) is 4.80. The van der Waals surface area contributed by atoms with Crippen LogP contribution in [-0.4, -0.2) is 31.5 Å². The lowest BCUT2D eigenvalue weighted by atomic mass is 10.1. The van der Waals surface area contributed by atoms with Crippen molar-refractivity contribution in [2.75, 3.05) is 11.9 Å². The molecule has 0 aliphatic rings. The first-order valence-corrected chi connectivity index (χ1v) is 9.80. The van der Waals surface area contributed by atoms with Gasteiger partial charge < -0.3 is 10.1 Å². The summed E-state index contributed by atoms with van der Waals surface area (Å²) in [5.41, 5.74) is 2.82. The Labute approximate surface area is 181 Å². The van der Waals surface area contributed by atoms with Gasteiger partial charge in [0.15, 0.2) is 17.0 Å². The molecule has 3 heterocycles. The Morgan fingerprint density at radius 1 is 0.938 bits per heavy atom. The summed E-state index contributed by atoms with van der Waals surface area (Å²) in [7, 11) is 0. The van der Waals surface area contributed by atoms with E-state index in [-0.39, 0.29) is 5.75 Å². The highest BCUT2D eigenvalue weighted by molar-refractivity contribution is 5.82. The van der Waals surface area contributed by atoms with E-state index in [1.807, 2.05) is 13.8 Å². The Morgan fingerprint density at radius 3 is 2.44 bits per heavy atom.